The molecule has 0 radical (unpaired) electrons. The van der Waals surface area contributed by atoms with Gasteiger partial charge in [0.05, 0.1) is 25.3 Å². The fraction of sp³-hybridized carbons (Fsp3) is 0.480. The van der Waals surface area contributed by atoms with Gasteiger partial charge in [-0.25, -0.2) is 14.2 Å². The van der Waals surface area contributed by atoms with E-state index >= 15 is 0 Å². The number of nitrogens with one attached hydrogen (secondary N) is 1. The third kappa shape index (κ3) is 6.68. The number of hydrogen-bond acceptors (Lipinski definition) is 10. The molecule has 3 heterocycles. The molecule has 37 heavy (non-hydrogen) atoms. The number of aliphatic imine (C=N–C) groups is 3. The van der Waals surface area contributed by atoms with Crippen LogP contribution in [0.2, 0.25) is 0 Å². The molecule has 198 valence electrons. The summed E-state index contributed by atoms with van der Waals surface area (Å²) in [4.78, 5) is 40.4. The molecule has 0 aliphatic carbocycles. The van der Waals surface area contributed by atoms with Crippen LogP contribution < -0.4 is 5.32 Å². The van der Waals surface area contributed by atoms with Crippen molar-refractivity contribution < 1.29 is 28.2 Å². The Hall–Kier alpha value is -2.96. The van der Waals surface area contributed by atoms with Gasteiger partial charge in [-0.2, -0.15) is 0 Å². The van der Waals surface area contributed by atoms with Crippen molar-refractivity contribution in [3.05, 3.63) is 45.3 Å². The molecule has 0 aromatic heterocycles. The van der Waals surface area contributed by atoms with Crippen LogP contribution in [0.4, 0.5) is 4.39 Å². The van der Waals surface area contributed by atoms with Crippen molar-refractivity contribution in [1.82, 2.24) is 10.2 Å². The van der Waals surface area contributed by atoms with Gasteiger partial charge < -0.3 is 19.5 Å². The van der Waals surface area contributed by atoms with Crippen LogP contribution in [0.3, 0.4) is 0 Å². The minimum Gasteiger partial charge on any atom is -0.463 e. The first-order valence-electron chi connectivity index (χ1n) is 12.2. The van der Waals surface area contributed by atoms with Gasteiger partial charge >= 0.3 is 11.9 Å². The Morgan fingerprint density at radius 1 is 1.30 bits per heavy atom. The summed E-state index contributed by atoms with van der Waals surface area (Å²) in [6, 6.07) is 3.49. The van der Waals surface area contributed by atoms with Crippen molar-refractivity contribution in [3.63, 3.8) is 0 Å². The van der Waals surface area contributed by atoms with Gasteiger partial charge in [0.1, 0.15) is 24.6 Å². The molecule has 10 nitrogen and oxygen atoms in total. The van der Waals surface area contributed by atoms with Crippen molar-refractivity contribution in [3.8, 4) is 0 Å². The highest BCUT2D eigenvalue weighted by Crippen LogP contribution is 2.36. The third-order valence-corrected chi connectivity index (χ3v) is 6.64. The number of rotatable bonds is 9. The summed E-state index contributed by atoms with van der Waals surface area (Å²) in [5.74, 6) is -0.376. The van der Waals surface area contributed by atoms with E-state index in [1.54, 1.807) is 26.1 Å². The summed E-state index contributed by atoms with van der Waals surface area (Å²) in [6.45, 7) is 6.15. The van der Waals surface area contributed by atoms with E-state index in [1.165, 1.54) is 12.1 Å². The van der Waals surface area contributed by atoms with Gasteiger partial charge in [-0.05, 0) is 24.6 Å². The number of ether oxygens (including phenoxy) is 3. The van der Waals surface area contributed by atoms with Crippen LogP contribution >= 0.6 is 15.9 Å². The third-order valence-electron chi connectivity index (χ3n) is 5.95. The van der Waals surface area contributed by atoms with Gasteiger partial charge in [0.15, 0.2) is 11.7 Å². The average molecular weight is 578 g/mol. The van der Waals surface area contributed by atoms with E-state index in [0.717, 1.165) is 0 Å². The summed E-state index contributed by atoms with van der Waals surface area (Å²) < 4.78 is 30.8. The number of benzene rings is 1. The second-order valence-electron chi connectivity index (χ2n) is 8.52. The minimum absolute atomic E-state index is 0.157. The highest BCUT2D eigenvalue weighted by molar-refractivity contribution is 9.10. The number of morpholine rings is 1. The Bertz CT molecular complexity index is 1170. The van der Waals surface area contributed by atoms with Gasteiger partial charge in [0.2, 0.25) is 0 Å². The SMILES string of the molecule is CCOC(=O)C1=C(CN2CCO[C@@H](COC(=O)CC)C2)NC(C2=NCC=N2)=NC1c1ccc(F)cc1Br. The second-order valence-corrected chi connectivity index (χ2v) is 9.38. The Balaban J connectivity index is 1.68. The van der Waals surface area contributed by atoms with Crippen molar-refractivity contribution in [2.75, 3.05) is 46.0 Å². The van der Waals surface area contributed by atoms with Crippen molar-refractivity contribution in [2.24, 2.45) is 15.0 Å². The Labute approximate surface area is 222 Å². The molecule has 12 heteroatoms. The standard InChI is InChI=1S/C25H29BrFN5O5/c1-3-20(33)37-14-16-12-32(9-10-36-16)13-19-21(25(34)35-4-2)22(17-6-5-15(27)11-18(17)26)31-24(30-19)23-28-7-8-29-23/h5-7,11,16,22H,3-4,8-10,12-14H2,1-2H3,(H,30,31)/t16-,22?/m1/s1. The molecule has 1 fully saturated rings. The van der Waals surface area contributed by atoms with Gasteiger partial charge in [-0.3, -0.25) is 19.7 Å². The highest BCUT2D eigenvalue weighted by Gasteiger charge is 2.35. The molecule has 0 amide bonds. The quantitative estimate of drug-likeness (QED) is 0.448. The van der Waals surface area contributed by atoms with Gasteiger partial charge in [-0.1, -0.05) is 28.9 Å². The molecule has 4 rings (SSSR count). The molecule has 1 saturated heterocycles. The lowest BCUT2D eigenvalue weighted by Gasteiger charge is -2.35. The van der Waals surface area contributed by atoms with Crippen LogP contribution in [-0.2, 0) is 23.8 Å². The summed E-state index contributed by atoms with van der Waals surface area (Å²) >= 11 is 3.43. The maximum absolute atomic E-state index is 13.9. The number of hydrogen-bond donors (Lipinski definition) is 1. The lowest BCUT2D eigenvalue weighted by atomic mass is 9.95. The van der Waals surface area contributed by atoms with Gasteiger partial charge in [0.25, 0.3) is 0 Å². The maximum Gasteiger partial charge on any atom is 0.338 e. The van der Waals surface area contributed by atoms with Crippen molar-refractivity contribution >= 4 is 45.8 Å². The van der Waals surface area contributed by atoms with Crippen LogP contribution in [0.25, 0.3) is 0 Å². The van der Waals surface area contributed by atoms with E-state index in [1.807, 2.05) is 0 Å². The lowest BCUT2D eigenvalue weighted by molar-refractivity contribution is -0.150. The van der Waals surface area contributed by atoms with E-state index in [9.17, 15) is 14.0 Å². The Kier molecular flexibility index (Phi) is 9.17. The fourth-order valence-corrected chi connectivity index (χ4v) is 4.77. The van der Waals surface area contributed by atoms with E-state index in [2.05, 4.69) is 36.1 Å². The molecular formula is C25H29BrFN5O5. The molecule has 2 atom stereocenters. The molecule has 1 aromatic carbocycles. The predicted octanol–water partition coefficient (Wildman–Crippen LogP) is 2.59. The predicted molar refractivity (Wildman–Crippen MR) is 139 cm³/mol. The summed E-state index contributed by atoms with van der Waals surface area (Å²) in [6.07, 6.45) is 1.68. The smallest absolute Gasteiger partial charge is 0.338 e. The van der Waals surface area contributed by atoms with E-state index in [0.29, 0.717) is 72.2 Å². The fourth-order valence-electron chi connectivity index (χ4n) is 4.20. The summed E-state index contributed by atoms with van der Waals surface area (Å²) in [5, 5.41) is 3.26. The molecular weight excluding hydrogens is 549 g/mol. The monoisotopic (exact) mass is 577 g/mol. The topological polar surface area (TPSA) is 114 Å². The molecule has 0 bridgehead atoms. The van der Waals surface area contributed by atoms with Crippen LogP contribution in [0.15, 0.2) is 48.9 Å². The molecule has 3 aliphatic rings. The average Bonchev–Trinajstić information content (AvgIpc) is 3.42. The van der Waals surface area contributed by atoms with E-state index < -0.39 is 17.8 Å². The first-order chi connectivity index (χ1) is 17.9. The molecule has 0 saturated carbocycles. The highest BCUT2D eigenvalue weighted by atomic mass is 79.9. The van der Waals surface area contributed by atoms with Crippen LogP contribution in [0, 0.1) is 5.82 Å². The Morgan fingerprint density at radius 2 is 2.14 bits per heavy atom. The lowest BCUT2D eigenvalue weighted by Crippen LogP contribution is -2.48. The van der Waals surface area contributed by atoms with Crippen molar-refractivity contribution in [1.29, 1.82) is 0 Å². The first-order valence-corrected chi connectivity index (χ1v) is 13.0. The molecule has 1 N–H and O–H groups in total. The summed E-state index contributed by atoms with van der Waals surface area (Å²) in [5.41, 5.74) is 1.51. The summed E-state index contributed by atoms with van der Waals surface area (Å²) in [7, 11) is 0. The minimum atomic E-state index is -0.777. The van der Waals surface area contributed by atoms with Crippen LogP contribution in [0.1, 0.15) is 31.9 Å². The largest absolute Gasteiger partial charge is 0.463 e. The molecule has 0 spiro atoms. The van der Waals surface area contributed by atoms with Crippen molar-refractivity contribution in [2.45, 2.75) is 32.4 Å². The Morgan fingerprint density at radius 3 is 2.84 bits per heavy atom. The zero-order valence-electron chi connectivity index (χ0n) is 20.7. The zero-order chi connectivity index (χ0) is 26.4. The van der Waals surface area contributed by atoms with Gasteiger partial charge in [0, 0.05) is 42.4 Å². The molecule has 1 aromatic rings. The number of esters is 2. The van der Waals surface area contributed by atoms with Crippen LogP contribution in [0.5, 0.6) is 0 Å². The number of amidine groups is 2. The number of halogens is 2. The second kappa shape index (κ2) is 12.5. The van der Waals surface area contributed by atoms with E-state index in [4.69, 9.17) is 19.2 Å². The number of carbonyl (C=O) groups is 2. The first kappa shape index (κ1) is 27.1. The maximum atomic E-state index is 13.9. The van der Waals surface area contributed by atoms with Gasteiger partial charge in [-0.15, -0.1) is 0 Å². The number of nitrogens with zero attached hydrogens (tertiary/aromatic N) is 4. The molecule has 1 unspecified atom stereocenters. The number of carbonyl (C=O) groups excluding carboxylic acids is 2. The normalized spacial score (nSPS) is 21.8. The van der Waals surface area contributed by atoms with E-state index in [-0.39, 0.29) is 25.3 Å². The van der Waals surface area contributed by atoms with Crippen LogP contribution in [-0.4, -0.2) is 86.8 Å². The molecule has 3 aliphatic heterocycles. The zero-order valence-corrected chi connectivity index (χ0v) is 22.3.